The molecule has 2 fully saturated rings. The molecule has 2 aliphatic rings. The number of carboxylic acid groups (broad SMARTS) is 1. The van der Waals surface area contributed by atoms with E-state index >= 15 is 0 Å². The van der Waals surface area contributed by atoms with Gasteiger partial charge in [0.05, 0.1) is 19.2 Å². The van der Waals surface area contributed by atoms with Crippen molar-refractivity contribution in [3.05, 3.63) is 53.6 Å². The zero-order valence-electron chi connectivity index (χ0n) is 22.9. The van der Waals surface area contributed by atoms with E-state index in [4.69, 9.17) is 15.6 Å². The number of carbonyl (C=O) groups excluding carboxylic acids is 3. The molecule has 0 aliphatic carbocycles. The molecule has 0 radical (unpaired) electrons. The molecule has 4 rings (SSSR count). The van der Waals surface area contributed by atoms with E-state index in [1.807, 2.05) is 31.2 Å². The molecule has 2 aromatic rings. The molecule has 1 unspecified atom stereocenters. The van der Waals surface area contributed by atoms with E-state index < -0.39 is 18.0 Å². The maximum Gasteiger partial charge on any atom is 0.323 e. The normalized spacial score (nSPS) is 19.3. The number of para-hydroxylation sites is 1. The summed E-state index contributed by atoms with van der Waals surface area (Å²) in [5.41, 5.74) is 8.92. The maximum absolute atomic E-state index is 13.3. The summed E-state index contributed by atoms with van der Waals surface area (Å²) in [5.74, 6) is -0.709. The second-order valence-corrected chi connectivity index (χ2v) is 10.5. The predicted octanol–water partition coefficient (Wildman–Crippen LogP) is 2.83. The number of carboxylic acids is 1. The van der Waals surface area contributed by atoms with Gasteiger partial charge in [0, 0.05) is 37.8 Å². The number of likely N-dealkylation sites (tertiary alicyclic amines) is 2. The number of hydrogen-bond donors (Lipinski definition) is 4. The molecule has 2 heterocycles. The SMILES string of the molecule is COc1cc(CC(=O)N2CC(N)C[C@H]2C(=O)N2CCC(CC(=O)O)CC2)ccc1NC(=O)Nc1ccccc1C. The minimum atomic E-state index is -0.825. The fourth-order valence-corrected chi connectivity index (χ4v) is 5.41. The molecule has 2 aromatic carbocycles. The van der Waals surface area contributed by atoms with Crippen molar-refractivity contribution in [2.45, 2.75) is 51.1 Å². The fourth-order valence-electron chi connectivity index (χ4n) is 5.41. The number of urea groups is 1. The summed E-state index contributed by atoms with van der Waals surface area (Å²) in [6, 6.07) is 11.2. The maximum atomic E-state index is 13.3. The van der Waals surface area contributed by atoms with Gasteiger partial charge in [-0.05, 0) is 61.4 Å². The number of carbonyl (C=O) groups is 4. The Morgan fingerprint density at radius 1 is 1.05 bits per heavy atom. The van der Waals surface area contributed by atoms with Crippen LogP contribution in [0.15, 0.2) is 42.5 Å². The first-order chi connectivity index (χ1) is 19.1. The minimum Gasteiger partial charge on any atom is -0.495 e. The van der Waals surface area contributed by atoms with Crippen LogP contribution in [0.5, 0.6) is 5.75 Å². The zero-order valence-corrected chi connectivity index (χ0v) is 22.9. The van der Waals surface area contributed by atoms with Gasteiger partial charge in [0.1, 0.15) is 11.8 Å². The van der Waals surface area contributed by atoms with Crippen LogP contribution < -0.4 is 21.1 Å². The topological polar surface area (TPSA) is 154 Å². The molecule has 0 bridgehead atoms. The van der Waals surface area contributed by atoms with Crippen molar-refractivity contribution >= 4 is 35.2 Å². The highest BCUT2D eigenvalue weighted by molar-refractivity contribution is 6.01. The molecule has 0 aromatic heterocycles. The number of aliphatic carboxylic acids is 1. The highest BCUT2D eigenvalue weighted by Gasteiger charge is 2.40. The fraction of sp³-hybridized carbons (Fsp3) is 0.448. The van der Waals surface area contributed by atoms with E-state index in [0.717, 1.165) is 5.56 Å². The van der Waals surface area contributed by atoms with Crippen LogP contribution in [0, 0.1) is 12.8 Å². The van der Waals surface area contributed by atoms with Crippen molar-refractivity contribution in [1.82, 2.24) is 9.80 Å². The largest absolute Gasteiger partial charge is 0.495 e. The van der Waals surface area contributed by atoms with Crippen LogP contribution >= 0.6 is 0 Å². The highest BCUT2D eigenvalue weighted by Crippen LogP contribution is 2.28. The van der Waals surface area contributed by atoms with E-state index in [0.29, 0.717) is 61.6 Å². The van der Waals surface area contributed by atoms with E-state index in [9.17, 15) is 19.2 Å². The first-order valence-electron chi connectivity index (χ1n) is 13.5. The number of nitrogens with one attached hydrogen (secondary N) is 2. The van der Waals surface area contributed by atoms with Gasteiger partial charge < -0.3 is 36.0 Å². The molecule has 11 nitrogen and oxygen atoms in total. The van der Waals surface area contributed by atoms with E-state index in [1.54, 1.807) is 28.0 Å². The van der Waals surface area contributed by atoms with Crippen LogP contribution in [-0.4, -0.2) is 77.5 Å². The van der Waals surface area contributed by atoms with Crippen LogP contribution in [0.25, 0.3) is 0 Å². The zero-order chi connectivity index (χ0) is 28.8. The molecule has 2 saturated heterocycles. The molecular weight excluding hydrogens is 514 g/mol. The second-order valence-electron chi connectivity index (χ2n) is 10.5. The Labute approximate surface area is 233 Å². The summed E-state index contributed by atoms with van der Waals surface area (Å²) < 4.78 is 5.47. The van der Waals surface area contributed by atoms with Gasteiger partial charge in [-0.25, -0.2) is 4.79 Å². The molecule has 2 aliphatic heterocycles. The lowest BCUT2D eigenvalue weighted by Crippen LogP contribution is -2.50. The molecule has 0 spiro atoms. The number of amides is 4. The van der Waals surface area contributed by atoms with E-state index in [1.165, 1.54) is 7.11 Å². The van der Waals surface area contributed by atoms with Gasteiger partial charge in [-0.3, -0.25) is 14.4 Å². The number of hydrogen-bond acceptors (Lipinski definition) is 6. The van der Waals surface area contributed by atoms with Gasteiger partial charge in [0.15, 0.2) is 0 Å². The number of benzene rings is 2. The average Bonchev–Trinajstić information content (AvgIpc) is 3.32. The number of nitrogens with zero attached hydrogens (tertiary/aromatic N) is 2. The van der Waals surface area contributed by atoms with Crippen LogP contribution in [-0.2, 0) is 20.8 Å². The van der Waals surface area contributed by atoms with Gasteiger partial charge in [0.2, 0.25) is 11.8 Å². The Kier molecular flexibility index (Phi) is 9.26. The highest BCUT2D eigenvalue weighted by atomic mass is 16.5. The number of methoxy groups -OCH3 is 1. The van der Waals surface area contributed by atoms with E-state index in [2.05, 4.69) is 10.6 Å². The Morgan fingerprint density at radius 3 is 2.42 bits per heavy atom. The van der Waals surface area contributed by atoms with Crippen molar-refractivity contribution in [1.29, 1.82) is 0 Å². The molecule has 214 valence electrons. The standard InChI is InChI=1S/C29H37N5O6/c1-18-5-3-4-6-22(18)31-29(39)32-23-8-7-20(13-25(23)40-2)14-26(35)34-17-21(30)16-24(34)28(38)33-11-9-19(10-12-33)15-27(36)37/h3-8,13,19,21,24H,9-12,14-17,30H2,1-2H3,(H,36,37)(H2,31,32,39)/t21?,24-/m0/s1. The van der Waals surface area contributed by atoms with Gasteiger partial charge in [-0.2, -0.15) is 0 Å². The number of nitrogens with two attached hydrogens (primary N) is 1. The van der Waals surface area contributed by atoms with Crippen molar-refractivity contribution in [2.24, 2.45) is 11.7 Å². The molecule has 2 atom stereocenters. The van der Waals surface area contributed by atoms with Crippen molar-refractivity contribution < 1.29 is 29.0 Å². The summed E-state index contributed by atoms with van der Waals surface area (Å²) >= 11 is 0. The van der Waals surface area contributed by atoms with Crippen LogP contribution in [0.1, 0.15) is 36.8 Å². The lowest BCUT2D eigenvalue weighted by atomic mass is 9.93. The molecule has 0 saturated carbocycles. The number of ether oxygens (including phenoxy) is 1. The van der Waals surface area contributed by atoms with Crippen molar-refractivity contribution in [3.63, 3.8) is 0 Å². The summed E-state index contributed by atoms with van der Waals surface area (Å²) in [5, 5.41) is 14.6. The van der Waals surface area contributed by atoms with Gasteiger partial charge in [0.25, 0.3) is 0 Å². The number of piperidine rings is 1. The molecule has 4 amide bonds. The molecule has 40 heavy (non-hydrogen) atoms. The quantitative estimate of drug-likeness (QED) is 0.393. The Balaban J connectivity index is 1.38. The number of aryl methyl sites for hydroxylation is 1. The monoisotopic (exact) mass is 551 g/mol. The lowest BCUT2D eigenvalue weighted by molar-refractivity contribution is -0.145. The second kappa shape index (κ2) is 12.8. The summed E-state index contributed by atoms with van der Waals surface area (Å²) in [4.78, 5) is 53.5. The van der Waals surface area contributed by atoms with Crippen molar-refractivity contribution in [2.75, 3.05) is 37.4 Å². The van der Waals surface area contributed by atoms with Crippen LogP contribution in [0.4, 0.5) is 16.2 Å². The van der Waals surface area contributed by atoms with Gasteiger partial charge >= 0.3 is 12.0 Å². The Morgan fingerprint density at radius 2 is 1.75 bits per heavy atom. The minimum absolute atomic E-state index is 0.0449. The summed E-state index contributed by atoms with van der Waals surface area (Å²) in [7, 11) is 1.49. The molecule has 5 N–H and O–H groups in total. The number of rotatable bonds is 8. The summed E-state index contributed by atoms with van der Waals surface area (Å²) in [6.07, 6.45) is 1.81. The van der Waals surface area contributed by atoms with Crippen LogP contribution in [0.3, 0.4) is 0 Å². The van der Waals surface area contributed by atoms with Crippen LogP contribution in [0.2, 0.25) is 0 Å². The average molecular weight is 552 g/mol. The summed E-state index contributed by atoms with van der Waals surface area (Å²) in [6.45, 7) is 3.15. The first kappa shape index (κ1) is 28.9. The van der Waals surface area contributed by atoms with Crippen molar-refractivity contribution in [3.8, 4) is 5.75 Å². The third kappa shape index (κ3) is 7.09. The lowest BCUT2D eigenvalue weighted by Gasteiger charge is -2.35. The van der Waals surface area contributed by atoms with Gasteiger partial charge in [-0.15, -0.1) is 0 Å². The Hall–Kier alpha value is -4.12. The predicted molar refractivity (Wildman–Crippen MR) is 150 cm³/mol. The first-order valence-corrected chi connectivity index (χ1v) is 13.5. The van der Waals surface area contributed by atoms with E-state index in [-0.39, 0.29) is 36.6 Å². The van der Waals surface area contributed by atoms with Gasteiger partial charge in [-0.1, -0.05) is 24.3 Å². The molecule has 11 heteroatoms. The molecular formula is C29H37N5O6. The smallest absolute Gasteiger partial charge is 0.323 e. The third-order valence-electron chi connectivity index (χ3n) is 7.59. The number of anilines is 2. The Bertz CT molecular complexity index is 1260. The third-order valence-corrected chi connectivity index (χ3v) is 7.59.